The highest BCUT2D eigenvalue weighted by molar-refractivity contribution is 6.01. The molecule has 0 aliphatic rings. The molecular weight excluding hydrogens is 416 g/mol. The van der Waals surface area contributed by atoms with E-state index in [4.69, 9.17) is 9.47 Å². The number of ether oxygens (including phenoxy) is 2. The molecule has 0 radical (unpaired) electrons. The Labute approximate surface area is 192 Å². The van der Waals surface area contributed by atoms with Crippen molar-refractivity contribution >= 4 is 11.6 Å². The Morgan fingerprint density at radius 3 is 2.21 bits per heavy atom. The van der Waals surface area contributed by atoms with Crippen molar-refractivity contribution in [2.75, 3.05) is 14.2 Å². The van der Waals surface area contributed by atoms with Crippen molar-refractivity contribution in [3.8, 4) is 33.9 Å². The van der Waals surface area contributed by atoms with Gasteiger partial charge < -0.3 is 9.47 Å². The van der Waals surface area contributed by atoms with Gasteiger partial charge in [0.2, 0.25) is 0 Å². The highest BCUT2D eigenvalue weighted by Gasteiger charge is 2.12. The third-order valence-electron chi connectivity index (χ3n) is 5.24. The normalized spacial score (nSPS) is 11.2. The first-order valence-corrected chi connectivity index (χ1v) is 10.4. The zero-order valence-electron chi connectivity index (χ0n) is 18.6. The van der Waals surface area contributed by atoms with Crippen LogP contribution in [0.2, 0.25) is 0 Å². The van der Waals surface area contributed by atoms with E-state index in [-0.39, 0.29) is 5.91 Å². The molecule has 4 aromatic rings. The predicted octanol–water partition coefficient (Wildman–Crippen LogP) is 4.91. The molecule has 0 bridgehead atoms. The summed E-state index contributed by atoms with van der Waals surface area (Å²) in [7, 11) is 3.15. The van der Waals surface area contributed by atoms with E-state index in [0.29, 0.717) is 28.6 Å². The van der Waals surface area contributed by atoms with Gasteiger partial charge >= 0.3 is 0 Å². The smallest absolute Gasteiger partial charge is 0.289 e. The van der Waals surface area contributed by atoms with Crippen LogP contribution in [0, 0.1) is 0 Å². The zero-order chi connectivity index (χ0) is 23.2. The van der Waals surface area contributed by atoms with E-state index in [1.54, 1.807) is 39.3 Å². The fourth-order valence-electron chi connectivity index (χ4n) is 3.37. The monoisotopic (exact) mass is 440 g/mol. The van der Waals surface area contributed by atoms with Crippen molar-refractivity contribution in [3.63, 3.8) is 0 Å². The molecule has 1 amide bonds. The number of H-pyrrole nitrogens is 1. The van der Waals surface area contributed by atoms with Crippen LogP contribution in [0.4, 0.5) is 0 Å². The second-order valence-electron chi connectivity index (χ2n) is 7.32. The van der Waals surface area contributed by atoms with E-state index in [1.165, 1.54) is 0 Å². The van der Waals surface area contributed by atoms with E-state index in [9.17, 15) is 4.79 Å². The molecule has 7 heteroatoms. The van der Waals surface area contributed by atoms with Gasteiger partial charge in [0.1, 0.15) is 5.69 Å². The van der Waals surface area contributed by atoms with E-state index in [1.807, 2.05) is 48.5 Å². The molecule has 3 aromatic carbocycles. The number of rotatable bonds is 7. The van der Waals surface area contributed by atoms with E-state index in [0.717, 1.165) is 22.3 Å². The van der Waals surface area contributed by atoms with Crippen molar-refractivity contribution in [1.82, 2.24) is 15.6 Å². The summed E-state index contributed by atoms with van der Waals surface area (Å²) in [5.41, 5.74) is 8.17. The maximum Gasteiger partial charge on any atom is 0.289 e. The number of methoxy groups -OCH3 is 2. The molecule has 4 rings (SSSR count). The molecule has 0 aliphatic heterocycles. The summed E-state index contributed by atoms with van der Waals surface area (Å²) in [6.45, 7) is 1.80. The fraction of sp³-hybridized carbons (Fsp3) is 0.115. The molecule has 1 heterocycles. The minimum Gasteiger partial charge on any atom is -0.493 e. The van der Waals surface area contributed by atoms with E-state index < -0.39 is 0 Å². The summed E-state index contributed by atoms with van der Waals surface area (Å²) in [5, 5.41) is 11.3. The first kappa shape index (κ1) is 21.8. The molecule has 1 aromatic heterocycles. The van der Waals surface area contributed by atoms with Crippen LogP contribution < -0.4 is 14.9 Å². The Hall–Kier alpha value is -4.39. The molecule has 2 N–H and O–H groups in total. The Balaban J connectivity index is 1.45. The van der Waals surface area contributed by atoms with Crippen molar-refractivity contribution in [2.24, 2.45) is 5.10 Å². The zero-order valence-corrected chi connectivity index (χ0v) is 18.6. The minimum atomic E-state index is -0.380. The van der Waals surface area contributed by atoms with E-state index in [2.05, 4.69) is 32.9 Å². The van der Waals surface area contributed by atoms with Crippen LogP contribution in [0.3, 0.4) is 0 Å². The number of carbonyl (C=O) groups excluding carboxylic acids is 1. The summed E-state index contributed by atoms with van der Waals surface area (Å²) >= 11 is 0. The van der Waals surface area contributed by atoms with Gasteiger partial charge in [0.25, 0.3) is 5.91 Å². The number of hydrogen-bond acceptors (Lipinski definition) is 5. The number of benzene rings is 3. The van der Waals surface area contributed by atoms with Crippen LogP contribution in [0.25, 0.3) is 22.4 Å². The van der Waals surface area contributed by atoms with Crippen LogP contribution in [-0.4, -0.2) is 36.0 Å². The molecular formula is C26H24N4O3. The van der Waals surface area contributed by atoms with Gasteiger partial charge in [0.05, 0.1) is 25.6 Å². The Kier molecular flexibility index (Phi) is 6.50. The van der Waals surface area contributed by atoms with Gasteiger partial charge in [-0.2, -0.15) is 10.2 Å². The van der Waals surface area contributed by atoms with Gasteiger partial charge in [-0.15, -0.1) is 0 Å². The average molecular weight is 441 g/mol. The summed E-state index contributed by atoms with van der Waals surface area (Å²) < 4.78 is 10.6. The van der Waals surface area contributed by atoms with Crippen molar-refractivity contribution < 1.29 is 14.3 Å². The first-order valence-electron chi connectivity index (χ1n) is 10.4. The molecule has 0 unspecified atom stereocenters. The van der Waals surface area contributed by atoms with Gasteiger partial charge in [-0.25, -0.2) is 5.43 Å². The number of nitrogens with zero attached hydrogens (tertiary/aromatic N) is 2. The lowest BCUT2D eigenvalue weighted by molar-refractivity contribution is 0.0950. The van der Waals surface area contributed by atoms with Gasteiger partial charge in [-0.05, 0) is 42.3 Å². The predicted molar refractivity (Wildman–Crippen MR) is 129 cm³/mol. The molecule has 0 saturated heterocycles. The standard InChI is InChI=1S/C26H24N4O3/c1-17(21-13-14-24(32-2)25(15-21)33-3)27-30-26(31)23-16-22(28-29-23)20-11-9-19(10-12-20)18-7-5-4-6-8-18/h4-16H,1-3H3,(H,28,29)(H,30,31)/b27-17+. The maximum atomic E-state index is 12.6. The van der Waals surface area contributed by atoms with Gasteiger partial charge in [0.15, 0.2) is 11.5 Å². The molecule has 0 aliphatic carbocycles. The van der Waals surface area contributed by atoms with Crippen LogP contribution >= 0.6 is 0 Å². The fourth-order valence-corrected chi connectivity index (χ4v) is 3.37. The molecule has 0 fully saturated rings. The number of hydrazone groups is 1. The molecule has 7 nitrogen and oxygen atoms in total. The number of aromatic amines is 1. The van der Waals surface area contributed by atoms with Crippen molar-refractivity contribution in [2.45, 2.75) is 6.92 Å². The van der Waals surface area contributed by atoms with Crippen molar-refractivity contribution in [3.05, 3.63) is 90.1 Å². The summed E-state index contributed by atoms with van der Waals surface area (Å²) in [6.07, 6.45) is 0. The van der Waals surface area contributed by atoms with Gasteiger partial charge in [-0.3, -0.25) is 9.89 Å². The highest BCUT2D eigenvalue weighted by Crippen LogP contribution is 2.28. The number of carbonyl (C=O) groups is 1. The Bertz CT molecular complexity index is 1280. The lowest BCUT2D eigenvalue weighted by Crippen LogP contribution is -2.19. The Morgan fingerprint density at radius 2 is 1.52 bits per heavy atom. The number of nitrogens with one attached hydrogen (secondary N) is 2. The van der Waals surface area contributed by atoms with Crippen LogP contribution in [0.15, 0.2) is 84.0 Å². The van der Waals surface area contributed by atoms with Crippen LogP contribution in [-0.2, 0) is 0 Å². The summed E-state index contributed by atoms with van der Waals surface area (Å²) in [4.78, 5) is 12.6. The minimum absolute atomic E-state index is 0.320. The lowest BCUT2D eigenvalue weighted by Gasteiger charge is -2.09. The third-order valence-corrected chi connectivity index (χ3v) is 5.24. The second-order valence-corrected chi connectivity index (χ2v) is 7.32. The quantitative estimate of drug-likeness (QED) is 0.316. The molecule has 0 spiro atoms. The molecule has 0 saturated carbocycles. The van der Waals surface area contributed by atoms with Gasteiger partial charge in [0, 0.05) is 11.1 Å². The summed E-state index contributed by atoms with van der Waals surface area (Å²) in [6, 6.07) is 25.3. The van der Waals surface area contributed by atoms with E-state index >= 15 is 0 Å². The number of amides is 1. The Morgan fingerprint density at radius 1 is 0.848 bits per heavy atom. The molecule has 166 valence electrons. The van der Waals surface area contributed by atoms with Gasteiger partial charge in [-0.1, -0.05) is 54.6 Å². The average Bonchev–Trinajstić information content (AvgIpc) is 3.38. The number of hydrogen-bond donors (Lipinski definition) is 2. The third kappa shape index (κ3) is 4.93. The topological polar surface area (TPSA) is 88.6 Å². The number of aromatic nitrogens is 2. The first-order chi connectivity index (χ1) is 16.1. The SMILES string of the molecule is COc1ccc(/C(C)=N/NC(=O)c2cc(-c3ccc(-c4ccccc4)cc3)n[nH]2)cc1OC. The van der Waals surface area contributed by atoms with Crippen LogP contribution in [0.1, 0.15) is 23.0 Å². The summed E-state index contributed by atoms with van der Waals surface area (Å²) in [5.74, 6) is 0.835. The largest absolute Gasteiger partial charge is 0.493 e. The lowest BCUT2D eigenvalue weighted by atomic mass is 10.0. The van der Waals surface area contributed by atoms with Crippen LogP contribution in [0.5, 0.6) is 11.5 Å². The molecule has 0 atom stereocenters. The molecule has 33 heavy (non-hydrogen) atoms. The second kappa shape index (κ2) is 9.82. The maximum absolute atomic E-state index is 12.6. The van der Waals surface area contributed by atoms with Crippen molar-refractivity contribution in [1.29, 1.82) is 0 Å². The highest BCUT2D eigenvalue weighted by atomic mass is 16.5.